The summed E-state index contributed by atoms with van der Waals surface area (Å²) in [5.74, 6) is 1.68. The van der Waals surface area contributed by atoms with Crippen molar-refractivity contribution in [1.82, 2.24) is 9.88 Å². The van der Waals surface area contributed by atoms with Crippen LogP contribution in [0.4, 0.5) is 0 Å². The number of para-hydroxylation sites is 1. The van der Waals surface area contributed by atoms with Crippen LogP contribution in [0.1, 0.15) is 50.3 Å². The molecule has 1 amide bonds. The molecule has 2 aromatic heterocycles. The molecule has 0 aliphatic carbocycles. The molecule has 1 aliphatic heterocycles. The molecular weight excluding hydrogens is 416 g/mol. The summed E-state index contributed by atoms with van der Waals surface area (Å²) >= 11 is 0. The number of amides is 1. The van der Waals surface area contributed by atoms with E-state index in [-0.39, 0.29) is 11.9 Å². The first-order valence-corrected chi connectivity index (χ1v) is 11.2. The molecule has 4 aromatic rings. The molecule has 0 radical (unpaired) electrons. The van der Waals surface area contributed by atoms with Gasteiger partial charge in [-0.1, -0.05) is 24.3 Å². The quantitative estimate of drug-likeness (QED) is 0.452. The van der Waals surface area contributed by atoms with E-state index in [9.17, 15) is 4.79 Å². The number of hydrogen-bond acceptors (Lipinski definition) is 4. The van der Waals surface area contributed by atoms with Gasteiger partial charge in [0.25, 0.3) is 5.91 Å². The third-order valence-corrected chi connectivity index (χ3v) is 6.75. The van der Waals surface area contributed by atoms with Gasteiger partial charge in [0, 0.05) is 30.3 Å². The number of carbonyl (C=O) groups excluding carboxylic acids is 1. The van der Waals surface area contributed by atoms with Crippen LogP contribution in [0, 0.1) is 13.8 Å². The molecule has 6 heteroatoms. The Morgan fingerprint density at radius 1 is 1.09 bits per heavy atom. The number of nitrogens with zero attached hydrogens (tertiary/aromatic N) is 1. The van der Waals surface area contributed by atoms with Crippen LogP contribution >= 0.6 is 0 Å². The van der Waals surface area contributed by atoms with Gasteiger partial charge in [0.1, 0.15) is 18.1 Å². The van der Waals surface area contributed by atoms with E-state index in [0.29, 0.717) is 24.7 Å². The molecule has 0 spiro atoms. The summed E-state index contributed by atoms with van der Waals surface area (Å²) in [6, 6.07) is 15.7. The third-order valence-electron chi connectivity index (χ3n) is 6.75. The molecule has 0 saturated heterocycles. The number of H-pyrrole nitrogens is 1. The standard InChI is InChI=1S/C27H28N2O4/c1-16-17(2)23(32-4)12-10-19(16)26-25-21(20-7-5-6-8-22(20)28-25)13-14-29(26)27(30)24-11-9-18(33-24)15-31-3/h5-12,26,28H,13-15H2,1-4H3/t26-/m0/s1. The van der Waals surface area contributed by atoms with Crippen LogP contribution < -0.4 is 4.74 Å². The van der Waals surface area contributed by atoms with Gasteiger partial charge in [0.05, 0.1) is 13.2 Å². The van der Waals surface area contributed by atoms with Crippen LogP contribution in [-0.4, -0.2) is 36.6 Å². The Balaban J connectivity index is 1.66. The van der Waals surface area contributed by atoms with Gasteiger partial charge in [0.2, 0.25) is 0 Å². The van der Waals surface area contributed by atoms with Gasteiger partial charge in [-0.15, -0.1) is 0 Å². The van der Waals surface area contributed by atoms with E-state index >= 15 is 0 Å². The summed E-state index contributed by atoms with van der Waals surface area (Å²) in [5, 5.41) is 1.22. The number of aromatic amines is 1. The van der Waals surface area contributed by atoms with E-state index in [1.54, 1.807) is 26.4 Å². The molecule has 6 nitrogen and oxygen atoms in total. The smallest absolute Gasteiger partial charge is 0.290 e. The number of furan rings is 1. The van der Waals surface area contributed by atoms with Gasteiger partial charge in [-0.05, 0) is 66.8 Å². The number of hydrogen-bond donors (Lipinski definition) is 1. The summed E-state index contributed by atoms with van der Waals surface area (Å²) in [4.78, 5) is 19.2. The van der Waals surface area contributed by atoms with E-state index < -0.39 is 0 Å². The summed E-state index contributed by atoms with van der Waals surface area (Å²) < 4.78 is 16.5. The fraction of sp³-hybridized carbons (Fsp3) is 0.296. The van der Waals surface area contributed by atoms with Crippen molar-refractivity contribution in [3.63, 3.8) is 0 Å². The maximum Gasteiger partial charge on any atom is 0.290 e. The van der Waals surface area contributed by atoms with Gasteiger partial charge < -0.3 is 23.8 Å². The molecule has 2 aromatic carbocycles. The van der Waals surface area contributed by atoms with Crippen LogP contribution in [0.3, 0.4) is 0 Å². The highest BCUT2D eigenvalue weighted by molar-refractivity contribution is 5.93. The lowest BCUT2D eigenvalue weighted by atomic mass is 9.88. The average Bonchev–Trinajstić information content (AvgIpc) is 3.45. The first kappa shape index (κ1) is 21.3. The van der Waals surface area contributed by atoms with Crippen LogP contribution in [0.2, 0.25) is 0 Å². The van der Waals surface area contributed by atoms with Crippen molar-refractivity contribution in [2.24, 2.45) is 0 Å². The first-order valence-electron chi connectivity index (χ1n) is 11.2. The van der Waals surface area contributed by atoms with E-state index in [0.717, 1.165) is 40.1 Å². The van der Waals surface area contributed by atoms with Crippen LogP contribution in [0.25, 0.3) is 10.9 Å². The second-order valence-corrected chi connectivity index (χ2v) is 8.52. The van der Waals surface area contributed by atoms with Crippen molar-refractivity contribution in [1.29, 1.82) is 0 Å². The number of rotatable bonds is 5. The minimum atomic E-state index is -0.255. The lowest BCUT2D eigenvalue weighted by Crippen LogP contribution is -2.40. The molecule has 1 aliphatic rings. The van der Waals surface area contributed by atoms with Crippen molar-refractivity contribution in [3.05, 3.63) is 88.0 Å². The Morgan fingerprint density at radius 2 is 1.91 bits per heavy atom. The molecular formula is C27H28N2O4. The number of benzene rings is 2. The van der Waals surface area contributed by atoms with Crippen molar-refractivity contribution >= 4 is 16.8 Å². The third kappa shape index (κ3) is 3.51. The Morgan fingerprint density at radius 3 is 2.70 bits per heavy atom. The number of carbonyl (C=O) groups is 1. The Labute approximate surface area is 193 Å². The zero-order chi connectivity index (χ0) is 23.1. The zero-order valence-corrected chi connectivity index (χ0v) is 19.4. The van der Waals surface area contributed by atoms with E-state index in [1.165, 1.54) is 10.9 Å². The molecule has 0 saturated carbocycles. The molecule has 5 rings (SSSR count). The summed E-state index contributed by atoms with van der Waals surface area (Å²) in [6.45, 7) is 5.08. The maximum atomic E-state index is 13.7. The Kier molecular flexibility index (Phi) is 5.46. The molecule has 1 atom stereocenters. The lowest BCUT2D eigenvalue weighted by molar-refractivity contribution is 0.0651. The van der Waals surface area contributed by atoms with E-state index in [2.05, 4.69) is 43.1 Å². The normalized spacial score (nSPS) is 15.6. The Bertz CT molecular complexity index is 1330. The first-order chi connectivity index (χ1) is 16.0. The predicted octanol–water partition coefficient (Wildman–Crippen LogP) is 5.32. The molecule has 0 fully saturated rings. The number of ether oxygens (including phenoxy) is 2. The van der Waals surface area contributed by atoms with Crippen LogP contribution in [0.15, 0.2) is 52.9 Å². The van der Waals surface area contributed by atoms with Crippen LogP contribution in [0.5, 0.6) is 5.75 Å². The number of methoxy groups -OCH3 is 2. The van der Waals surface area contributed by atoms with Crippen molar-refractivity contribution in [2.75, 3.05) is 20.8 Å². The summed E-state index contributed by atoms with van der Waals surface area (Å²) in [5.41, 5.74) is 6.69. The maximum absolute atomic E-state index is 13.7. The monoisotopic (exact) mass is 444 g/mol. The molecule has 0 unspecified atom stereocenters. The molecule has 3 heterocycles. The largest absolute Gasteiger partial charge is 0.496 e. The minimum absolute atomic E-state index is 0.125. The van der Waals surface area contributed by atoms with E-state index in [1.807, 2.05) is 17.0 Å². The van der Waals surface area contributed by atoms with Crippen molar-refractivity contribution < 1.29 is 18.7 Å². The summed E-state index contributed by atoms with van der Waals surface area (Å²) in [7, 11) is 3.29. The van der Waals surface area contributed by atoms with Crippen molar-refractivity contribution in [2.45, 2.75) is 32.9 Å². The molecule has 1 N–H and O–H groups in total. The molecule has 33 heavy (non-hydrogen) atoms. The van der Waals surface area contributed by atoms with Gasteiger partial charge in [-0.25, -0.2) is 0 Å². The zero-order valence-electron chi connectivity index (χ0n) is 19.4. The van der Waals surface area contributed by atoms with Gasteiger partial charge >= 0.3 is 0 Å². The number of fused-ring (bicyclic) bond motifs is 3. The molecule has 0 bridgehead atoms. The second-order valence-electron chi connectivity index (χ2n) is 8.52. The summed E-state index contributed by atoms with van der Waals surface area (Å²) in [6.07, 6.45) is 0.779. The fourth-order valence-corrected chi connectivity index (χ4v) is 4.97. The number of nitrogens with one attached hydrogen (secondary N) is 1. The topological polar surface area (TPSA) is 67.7 Å². The van der Waals surface area contributed by atoms with Crippen LogP contribution in [-0.2, 0) is 17.8 Å². The SMILES string of the molecule is COCc1ccc(C(=O)N2CCc3c([nH]c4ccccc34)[C@@H]2c2ccc(OC)c(C)c2C)o1. The van der Waals surface area contributed by atoms with Gasteiger partial charge in [0.15, 0.2) is 5.76 Å². The Hall–Kier alpha value is -3.51. The van der Waals surface area contributed by atoms with Gasteiger partial charge in [-0.3, -0.25) is 4.79 Å². The number of aromatic nitrogens is 1. The minimum Gasteiger partial charge on any atom is -0.496 e. The van der Waals surface area contributed by atoms with E-state index in [4.69, 9.17) is 13.9 Å². The average molecular weight is 445 g/mol. The predicted molar refractivity (Wildman–Crippen MR) is 127 cm³/mol. The second kappa shape index (κ2) is 8.45. The highest BCUT2D eigenvalue weighted by atomic mass is 16.5. The highest BCUT2D eigenvalue weighted by Gasteiger charge is 2.37. The highest BCUT2D eigenvalue weighted by Crippen LogP contribution is 2.41. The van der Waals surface area contributed by atoms with Crippen molar-refractivity contribution in [3.8, 4) is 5.75 Å². The lowest BCUT2D eigenvalue weighted by Gasteiger charge is -2.37. The fourth-order valence-electron chi connectivity index (χ4n) is 4.97. The molecule has 170 valence electrons. The van der Waals surface area contributed by atoms with Gasteiger partial charge in [-0.2, -0.15) is 0 Å².